The smallest absolute Gasteiger partial charge is 0.191 e. The highest BCUT2D eigenvalue weighted by Crippen LogP contribution is 2.26. The highest BCUT2D eigenvalue weighted by Gasteiger charge is 2.19. The Morgan fingerprint density at radius 1 is 1.50 bits per heavy atom. The molecule has 2 aromatic rings. The van der Waals surface area contributed by atoms with Gasteiger partial charge in [0.05, 0.1) is 4.88 Å². The van der Waals surface area contributed by atoms with Crippen LogP contribution in [0.5, 0.6) is 0 Å². The molecule has 5 heteroatoms. The molecule has 1 aliphatic heterocycles. The fourth-order valence-corrected chi connectivity index (χ4v) is 2.79. The van der Waals surface area contributed by atoms with E-state index < -0.39 is 0 Å². The number of hydrogen-bond donors (Lipinski definition) is 1. The van der Waals surface area contributed by atoms with Gasteiger partial charge in [-0.2, -0.15) is 0 Å². The number of nitrogens with two attached hydrogens (primary N) is 1. The molecule has 0 spiro atoms. The molecule has 0 amide bonds. The van der Waals surface area contributed by atoms with Gasteiger partial charge in [-0.15, -0.1) is 16.4 Å². The van der Waals surface area contributed by atoms with Gasteiger partial charge in [0, 0.05) is 23.9 Å². The topological polar surface area (TPSA) is 56.7 Å². The van der Waals surface area contributed by atoms with Crippen LogP contribution in [0.15, 0.2) is 12.1 Å². The molecule has 1 atom stereocenters. The van der Waals surface area contributed by atoms with Crippen LogP contribution in [0, 0.1) is 6.92 Å². The summed E-state index contributed by atoms with van der Waals surface area (Å²) in [5.41, 5.74) is 5.92. The first kappa shape index (κ1) is 9.99. The predicted octanol–water partition coefficient (Wildman–Crippen LogP) is 1.59. The van der Waals surface area contributed by atoms with E-state index in [0.717, 1.165) is 35.9 Å². The van der Waals surface area contributed by atoms with Crippen LogP contribution in [0.4, 0.5) is 0 Å². The number of rotatable bonds is 1. The summed E-state index contributed by atoms with van der Waals surface area (Å²) in [6.45, 7) is 2.99. The van der Waals surface area contributed by atoms with Gasteiger partial charge in [0.15, 0.2) is 5.82 Å². The van der Waals surface area contributed by atoms with Crippen molar-refractivity contribution in [3.63, 3.8) is 0 Å². The maximum Gasteiger partial charge on any atom is 0.191 e. The Morgan fingerprint density at radius 3 is 3.12 bits per heavy atom. The van der Waals surface area contributed by atoms with Gasteiger partial charge < -0.3 is 5.73 Å². The largest absolute Gasteiger partial charge is 0.327 e. The first-order chi connectivity index (χ1) is 7.72. The van der Waals surface area contributed by atoms with Crippen molar-refractivity contribution in [3.05, 3.63) is 22.8 Å². The van der Waals surface area contributed by atoms with Crippen molar-refractivity contribution in [1.29, 1.82) is 0 Å². The van der Waals surface area contributed by atoms with Crippen LogP contribution < -0.4 is 5.73 Å². The molecular weight excluding hydrogens is 220 g/mol. The van der Waals surface area contributed by atoms with E-state index in [2.05, 4.69) is 29.1 Å². The molecule has 0 saturated carbocycles. The van der Waals surface area contributed by atoms with Crippen LogP contribution in [-0.4, -0.2) is 20.8 Å². The summed E-state index contributed by atoms with van der Waals surface area (Å²) in [7, 11) is 0. The molecule has 0 bridgehead atoms. The van der Waals surface area contributed by atoms with Crippen molar-refractivity contribution in [2.24, 2.45) is 5.73 Å². The van der Waals surface area contributed by atoms with Crippen molar-refractivity contribution in [1.82, 2.24) is 14.8 Å². The number of hydrogen-bond acceptors (Lipinski definition) is 4. The van der Waals surface area contributed by atoms with Gasteiger partial charge in [-0.1, -0.05) is 0 Å². The number of nitrogens with zero attached hydrogens (tertiary/aromatic N) is 3. The summed E-state index contributed by atoms with van der Waals surface area (Å²) in [6, 6.07) is 4.43. The zero-order chi connectivity index (χ0) is 11.1. The monoisotopic (exact) mass is 234 g/mol. The Labute approximate surface area is 98.1 Å². The Kier molecular flexibility index (Phi) is 2.29. The number of fused-ring (bicyclic) bond motifs is 1. The average Bonchev–Trinajstić information content (AvgIpc) is 2.83. The lowest BCUT2D eigenvalue weighted by Crippen LogP contribution is -2.31. The average molecular weight is 234 g/mol. The van der Waals surface area contributed by atoms with E-state index in [0.29, 0.717) is 0 Å². The molecule has 0 saturated heterocycles. The molecule has 84 valence electrons. The summed E-state index contributed by atoms with van der Waals surface area (Å²) in [5.74, 6) is 1.88. The number of aromatic nitrogens is 3. The molecule has 2 N–H and O–H groups in total. The summed E-state index contributed by atoms with van der Waals surface area (Å²) >= 11 is 1.74. The van der Waals surface area contributed by atoms with Crippen LogP contribution in [0.3, 0.4) is 0 Å². The first-order valence-electron chi connectivity index (χ1n) is 5.48. The van der Waals surface area contributed by atoms with E-state index in [-0.39, 0.29) is 6.04 Å². The summed E-state index contributed by atoms with van der Waals surface area (Å²) in [5, 5.41) is 4.53. The lowest BCUT2D eigenvalue weighted by Gasteiger charge is -2.17. The van der Waals surface area contributed by atoms with Gasteiger partial charge in [-0.05, 0) is 25.5 Å². The normalized spacial score (nSPS) is 19.8. The highest BCUT2D eigenvalue weighted by atomic mass is 32.1. The molecule has 0 aromatic carbocycles. The quantitative estimate of drug-likeness (QED) is 0.815. The number of aryl methyl sites for hydroxylation is 2. The molecule has 2 aromatic heterocycles. The van der Waals surface area contributed by atoms with Gasteiger partial charge >= 0.3 is 0 Å². The highest BCUT2D eigenvalue weighted by molar-refractivity contribution is 7.15. The van der Waals surface area contributed by atoms with Crippen LogP contribution >= 0.6 is 11.3 Å². The van der Waals surface area contributed by atoms with E-state index in [1.165, 1.54) is 4.88 Å². The standard InChI is InChI=1S/C11H14N4S/c1-7-2-3-9(16-7)11-13-10-6-8(12)4-5-15(10)14-11/h2-3,8H,4-6,12H2,1H3. The molecule has 0 aliphatic carbocycles. The second-order valence-electron chi connectivity index (χ2n) is 4.24. The van der Waals surface area contributed by atoms with Crippen molar-refractivity contribution in [3.8, 4) is 10.7 Å². The van der Waals surface area contributed by atoms with E-state index in [1.807, 2.05) is 4.68 Å². The van der Waals surface area contributed by atoms with Gasteiger partial charge in [0.1, 0.15) is 5.82 Å². The molecule has 0 fully saturated rings. The second kappa shape index (κ2) is 3.68. The lowest BCUT2D eigenvalue weighted by molar-refractivity contribution is 0.433. The van der Waals surface area contributed by atoms with E-state index in [1.54, 1.807) is 11.3 Å². The SMILES string of the molecule is Cc1ccc(-c2nc3n(n2)CCC(N)C3)s1. The molecule has 4 nitrogen and oxygen atoms in total. The van der Waals surface area contributed by atoms with Gasteiger partial charge in [0.25, 0.3) is 0 Å². The van der Waals surface area contributed by atoms with Crippen molar-refractivity contribution >= 4 is 11.3 Å². The molecule has 3 heterocycles. The van der Waals surface area contributed by atoms with Crippen LogP contribution in [0.2, 0.25) is 0 Å². The predicted molar refractivity (Wildman–Crippen MR) is 64.4 cm³/mol. The van der Waals surface area contributed by atoms with E-state index in [9.17, 15) is 0 Å². The Hall–Kier alpha value is -1.20. The van der Waals surface area contributed by atoms with Crippen molar-refractivity contribution in [2.45, 2.75) is 32.4 Å². The molecule has 3 rings (SSSR count). The maximum atomic E-state index is 5.92. The minimum absolute atomic E-state index is 0.245. The second-order valence-corrected chi connectivity index (χ2v) is 5.53. The summed E-state index contributed by atoms with van der Waals surface area (Å²) in [6.07, 6.45) is 1.84. The van der Waals surface area contributed by atoms with Crippen molar-refractivity contribution < 1.29 is 0 Å². The zero-order valence-corrected chi connectivity index (χ0v) is 10.00. The third-order valence-corrected chi connectivity index (χ3v) is 3.86. The van der Waals surface area contributed by atoms with Gasteiger partial charge in [0.2, 0.25) is 0 Å². The summed E-state index contributed by atoms with van der Waals surface area (Å²) in [4.78, 5) is 7.00. The first-order valence-corrected chi connectivity index (χ1v) is 6.30. The van der Waals surface area contributed by atoms with Crippen LogP contribution in [0.25, 0.3) is 10.7 Å². The van der Waals surface area contributed by atoms with Crippen LogP contribution in [0.1, 0.15) is 17.1 Å². The van der Waals surface area contributed by atoms with Crippen LogP contribution in [-0.2, 0) is 13.0 Å². The Bertz CT molecular complexity index is 514. The summed E-state index contributed by atoms with van der Waals surface area (Å²) < 4.78 is 1.99. The molecular formula is C11H14N4S. The minimum atomic E-state index is 0.245. The fourth-order valence-electron chi connectivity index (χ4n) is 1.99. The Balaban J connectivity index is 1.98. The van der Waals surface area contributed by atoms with Gasteiger partial charge in [-0.25, -0.2) is 9.67 Å². The number of thiophene rings is 1. The molecule has 0 radical (unpaired) electrons. The van der Waals surface area contributed by atoms with Crippen molar-refractivity contribution in [2.75, 3.05) is 0 Å². The fraction of sp³-hybridized carbons (Fsp3) is 0.455. The molecule has 1 unspecified atom stereocenters. The third kappa shape index (κ3) is 1.66. The maximum absolute atomic E-state index is 5.92. The minimum Gasteiger partial charge on any atom is -0.327 e. The zero-order valence-electron chi connectivity index (χ0n) is 9.18. The lowest BCUT2D eigenvalue weighted by atomic mass is 10.1. The molecule has 1 aliphatic rings. The molecule has 16 heavy (non-hydrogen) atoms. The van der Waals surface area contributed by atoms with E-state index >= 15 is 0 Å². The third-order valence-electron chi connectivity index (χ3n) is 2.87. The van der Waals surface area contributed by atoms with E-state index in [4.69, 9.17) is 5.73 Å². The Morgan fingerprint density at radius 2 is 2.38 bits per heavy atom. The van der Waals surface area contributed by atoms with Gasteiger partial charge in [-0.3, -0.25) is 0 Å².